The van der Waals surface area contributed by atoms with Crippen LogP contribution in [0.4, 0.5) is 0 Å². The molecular formula is C14H14N2. The Morgan fingerprint density at radius 1 is 1.38 bits per heavy atom. The van der Waals surface area contributed by atoms with E-state index in [2.05, 4.69) is 29.5 Å². The lowest BCUT2D eigenvalue weighted by molar-refractivity contribution is 0.671. The highest BCUT2D eigenvalue weighted by Gasteiger charge is 2.03. The summed E-state index contributed by atoms with van der Waals surface area (Å²) < 4.78 is 2.19. The monoisotopic (exact) mass is 210 g/mol. The standard InChI is InChI=1S/C14H14N2/c1-2-3-4-9-16-10-8-13-12(11-15)6-5-7-14(13)16/h2,5-8,10H,1,3-4,9H2. The van der Waals surface area contributed by atoms with Crippen LogP contribution in [0.15, 0.2) is 43.1 Å². The number of aryl methyl sites for hydroxylation is 1. The van der Waals surface area contributed by atoms with Crippen molar-refractivity contribution >= 4 is 10.9 Å². The van der Waals surface area contributed by atoms with Crippen LogP contribution in [0.5, 0.6) is 0 Å². The lowest BCUT2D eigenvalue weighted by atomic mass is 10.1. The molecule has 0 aliphatic heterocycles. The maximum atomic E-state index is 8.99. The minimum absolute atomic E-state index is 0.750. The molecule has 1 aromatic carbocycles. The highest BCUT2D eigenvalue weighted by atomic mass is 14.9. The van der Waals surface area contributed by atoms with Crippen LogP contribution in [0, 0.1) is 11.3 Å². The summed E-state index contributed by atoms with van der Waals surface area (Å²) in [6.45, 7) is 4.69. The minimum Gasteiger partial charge on any atom is -0.347 e. The maximum Gasteiger partial charge on any atom is 0.0998 e. The quantitative estimate of drug-likeness (QED) is 0.561. The molecule has 1 heterocycles. The van der Waals surface area contributed by atoms with E-state index in [1.54, 1.807) is 0 Å². The van der Waals surface area contributed by atoms with Gasteiger partial charge in [0.25, 0.3) is 0 Å². The third-order valence-electron chi connectivity index (χ3n) is 2.74. The van der Waals surface area contributed by atoms with Crippen LogP contribution in [-0.4, -0.2) is 4.57 Å². The Hall–Kier alpha value is -2.01. The summed E-state index contributed by atoms with van der Waals surface area (Å²) in [5.41, 5.74) is 1.89. The smallest absolute Gasteiger partial charge is 0.0998 e. The van der Waals surface area contributed by atoms with Crippen LogP contribution >= 0.6 is 0 Å². The van der Waals surface area contributed by atoms with Crippen molar-refractivity contribution < 1.29 is 0 Å². The van der Waals surface area contributed by atoms with E-state index < -0.39 is 0 Å². The average Bonchev–Trinajstić information content (AvgIpc) is 2.73. The van der Waals surface area contributed by atoms with Crippen LogP contribution in [0.25, 0.3) is 10.9 Å². The van der Waals surface area contributed by atoms with Crippen LogP contribution < -0.4 is 0 Å². The minimum atomic E-state index is 0.750. The number of hydrogen-bond donors (Lipinski definition) is 0. The van der Waals surface area contributed by atoms with Crippen molar-refractivity contribution in [2.24, 2.45) is 0 Å². The highest BCUT2D eigenvalue weighted by Crippen LogP contribution is 2.20. The van der Waals surface area contributed by atoms with Gasteiger partial charge in [-0.3, -0.25) is 0 Å². The Kier molecular flexibility index (Phi) is 3.07. The molecule has 0 amide bonds. The summed E-state index contributed by atoms with van der Waals surface area (Å²) in [6, 6.07) is 10.1. The van der Waals surface area contributed by atoms with Gasteiger partial charge in [0.15, 0.2) is 0 Å². The first-order valence-corrected chi connectivity index (χ1v) is 5.45. The average molecular weight is 210 g/mol. The lowest BCUT2D eigenvalue weighted by Gasteiger charge is -2.03. The fourth-order valence-corrected chi connectivity index (χ4v) is 1.92. The Balaban J connectivity index is 2.34. The molecule has 0 N–H and O–H groups in total. The number of fused-ring (bicyclic) bond motifs is 1. The third kappa shape index (κ3) is 1.85. The van der Waals surface area contributed by atoms with E-state index in [0.717, 1.165) is 35.9 Å². The van der Waals surface area contributed by atoms with Gasteiger partial charge in [0.2, 0.25) is 0 Å². The first kappa shape index (κ1) is 10.5. The molecule has 16 heavy (non-hydrogen) atoms. The van der Waals surface area contributed by atoms with Crippen molar-refractivity contribution in [2.45, 2.75) is 19.4 Å². The van der Waals surface area contributed by atoms with E-state index in [-0.39, 0.29) is 0 Å². The number of hydrogen-bond acceptors (Lipinski definition) is 1. The molecule has 1 aromatic heterocycles. The van der Waals surface area contributed by atoms with Gasteiger partial charge in [-0.25, -0.2) is 0 Å². The summed E-state index contributed by atoms with van der Waals surface area (Å²) >= 11 is 0. The molecule has 0 atom stereocenters. The highest BCUT2D eigenvalue weighted by molar-refractivity contribution is 5.85. The molecule has 0 saturated heterocycles. The molecule has 0 unspecified atom stereocenters. The molecule has 0 bridgehead atoms. The maximum absolute atomic E-state index is 8.99. The second kappa shape index (κ2) is 4.67. The normalized spacial score (nSPS) is 10.2. The van der Waals surface area contributed by atoms with Crippen molar-refractivity contribution in [2.75, 3.05) is 0 Å². The van der Waals surface area contributed by atoms with E-state index >= 15 is 0 Å². The van der Waals surface area contributed by atoms with E-state index in [1.165, 1.54) is 0 Å². The van der Waals surface area contributed by atoms with E-state index in [9.17, 15) is 0 Å². The Morgan fingerprint density at radius 2 is 2.25 bits per heavy atom. The number of benzene rings is 1. The molecular weight excluding hydrogens is 196 g/mol. The van der Waals surface area contributed by atoms with E-state index in [4.69, 9.17) is 5.26 Å². The lowest BCUT2D eigenvalue weighted by Crippen LogP contribution is -1.95. The second-order valence-electron chi connectivity index (χ2n) is 3.79. The summed E-state index contributed by atoms with van der Waals surface area (Å²) in [5, 5.41) is 10.0. The molecule has 0 aliphatic carbocycles. The predicted molar refractivity (Wildman–Crippen MR) is 66.1 cm³/mol. The van der Waals surface area contributed by atoms with Gasteiger partial charge >= 0.3 is 0 Å². The van der Waals surface area contributed by atoms with Crippen LogP contribution in [0.1, 0.15) is 18.4 Å². The van der Waals surface area contributed by atoms with E-state index in [0.29, 0.717) is 0 Å². The summed E-state index contributed by atoms with van der Waals surface area (Å²) in [4.78, 5) is 0. The molecule has 2 rings (SSSR count). The molecule has 2 aromatic rings. The molecule has 0 radical (unpaired) electrons. The molecule has 0 saturated carbocycles. The number of rotatable bonds is 4. The molecule has 0 aliphatic rings. The van der Waals surface area contributed by atoms with Gasteiger partial charge in [0, 0.05) is 23.6 Å². The van der Waals surface area contributed by atoms with Gasteiger partial charge in [-0.1, -0.05) is 12.1 Å². The van der Waals surface area contributed by atoms with Crippen LogP contribution in [-0.2, 0) is 6.54 Å². The molecule has 2 heteroatoms. The Bertz CT molecular complexity index is 543. The molecule has 80 valence electrons. The fraction of sp³-hybridized carbons (Fsp3) is 0.214. The molecule has 2 nitrogen and oxygen atoms in total. The van der Waals surface area contributed by atoms with Gasteiger partial charge in [-0.2, -0.15) is 5.26 Å². The largest absolute Gasteiger partial charge is 0.347 e. The summed E-state index contributed by atoms with van der Waals surface area (Å²) in [5.74, 6) is 0. The van der Waals surface area contributed by atoms with Crippen molar-refractivity contribution in [3.63, 3.8) is 0 Å². The zero-order valence-electron chi connectivity index (χ0n) is 9.19. The van der Waals surface area contributed by atoms with Gasteiger partial charge in [-0.05, 0) is 31.0 Å². The van der Waals surface area contributed by atoms with Gasteiger partial charge < -0.3 is 4.57 Å². The summed E-state index contributed by atoms with van der Waals surface area (Å²) in [6.07, 6.45) is 6.10. The molecule has 0 spiro atoms. The van der Waals surface area contributed by atoms with Gasteiger partial charge in [0.05, 0.1) is 11.6 Å². The van der Waals surface area contributed by atoms with Gasteiger partial charge in [-0.15, -0.1) is 6.58 Å². The Morgan fingerprint density at radius 3 is 3.00 bits per heavy atom. The second-order valence-corrected chi connectivity index (χ2v) is 3.79. The predicted octanol–water partition coefficient (Wildman–Crippen LogP) is 3.48. The van der Waals surface area contributed by atoms with Crippen molar-refractivity contribution in [3.05, 3.63) is 48.7 Å². The fourth-order valence-electron chi connectivity index (χ4n) is 1.92. The number of aromatic nitrogens is 1. The van der Waals surface area contributed by atoms with E-state index in [1.807, 2.05) is 24.3 Å². The first-order valence-electron chi connectivity index (χ1n) is 5.45. The first-order chi connectivity index (χ1) is 7.86. The zero-order valence-corrected chi connectivity index (χ0v) is 9.19. The summed E-state index contributed by atoms with van der Waals surface area (Å²) in [7, 11) is 0. The topological polar surface area (TPSA) is 28.7 Å². The number of unbranched alkanes of at least 4 members (excludes halogenated alkanes) is 1. The number of nitrogens with zero attached hydrogens (tertiary/aromatic N) is 2. The van der Waals surface area contributed by atoms with Crippen molar-refractivity contribution in [1.29, 1.82) is 5.26 Å². The SMILES string of the molecule is C=CCCCn1ccc2c(C#N)cccc21. The number of nitriles is 1. The Labute approximate surface area is 95.4 Å². The van der Waals surface area contributed by atoms with Crippen molar-refractivity contribution in [1.82, 2.24) is 4.57 Å². The molecule has 0 fully saturated rings. The number of allylic oxidation sites excluding steroid dienone is 1. The van der Waals surface area contributed by atoms with Crippen LogP contribution in [0.2, 0.25) is 0 Å². The van der Waals surface area contributed by atoms with Gasteiger partial charge in [0.1, 0.15) is 0 Å². The van der Waals surface area contributed by atoms with Crippen molar-refractivity contribution in [3.8, 4) is 6.07 Å². The van der Waals surface area contributed by atoms with Crippen LogP contribution in [0.3, 0.4) is 0 Å². The zero-order chi connectivity index (χ0) is 11.4. The third-order valence-corrected chi connectivity index (χ3v) is 2.74.